The summed E-state index contributed by atoms with van der Waals surface area (Å²) in [6, 6.07) is 13.8. The van der Waals surface area contributed by atoms with Crippen LogP contribution in [-0.2, 0) is 6.54 Å². The second-order valence-electron chi connectivity index (χ2n) is 6.94. The van der Waals surface area contributed by atoms with Crippen LogP contribution < -0.4 is 5.48 Å². The summed E-state index contributed by atoms with van der Waals surface area (Å²) < 4.78 is 0. The third-order valence-electron chi connectivity index (χ3n) is 5.09. The van der Waals surface area contributed by atoms with Crippen molar-refractivity contribution in [3.8, 4) is 11.3 Å². The van der Waals surface area contributed by atoms with Gasteiger partial charge in [-0.2, -0.15) is 0 Å². The van der Waals surface area contributed by atoms with Gasteiger partial charge >= 0.3 is 0 Å². The molecule has 1 amide bonds. The standard InChI is InChI=1S/C21H22N4O2S/c26-20(24-27)19-18(16-4-2-1-3-5-16)23-21(28-19)17-8-12-25(13-9-17)14-15-6-10-22-11-7-15/h1-7,10-11,17,27H,8-9,12-14H2,(H,24,26). The van der Waals surface area contributed by atoms with Crippen molar-refractivity contribution in [3.05, 3.63) is 70.3 Å². The molecule has 3 heterocycles. The van der Waals surface area contributed by atoms with Crippen LogP contribution in [0, 0.1) is 0 Å². The molecule has 1 saturated heterocycles. The molecule has 3 aromatic rings. The summed E-state index contributed by atoms with van der Waals surface area (Å²) in [5.41, 5.74) is 4.57. The molecule has 0 saturated carbocycles. The average Bonchev–Trinajstić information content (AvgIpc) is 3.21. The van der Waals surface area contributed by atoms with Crippen molar-refractivity contribution < 1.29 is 10.0 Å². The lowest BCUT2D eigenvalue weighted by Gasteiger charge is -2.31. The zero-order valence-corrected chi connectivity index (χ0v) is 16.2. The maximum Gasteiger partial charge on any atom is 0.287 e. The number of piperidine rings is 1. The van der Waals surface area contributed by atoms with E-state index in [1.165, 1.54) is 16.9 Å². The monoisotopic (exact) mass is 394 g/mol. The Morgan fingerprint density at radius 2 is 1.86 bits per heavy atom. The Morgan fingerprint density at radius 3 is 2.54 bits per heavy atom. The van der Waals surface area contributed by atoms with Crippen LogP contribution in [0.15, 0.2) is 54.9 Å². The summed E-state index contributed by atoms with van der Waals surface area (Å²) in [6.07, 6.45) is 5.67. The fourth-order valence-corrected chi connectivity index (χ4v) is 4.74. The Balaban J connectivity index is 1.49. The van der Waals surface area contributed by atoms with Gasteiger partial charge in [-0.15, -0.1) is 11.3 Å². The first-order chi connectivity index (χ1) is 13.7. The molecule has 28 heavy (non-hydrogen) atoms. The molecule has 0 spiro atoms. The Morgan fingerprint density at radius 1 is 1.14 bits per heavy atom. The Bertz CT molecular complexity index is 922. The summed E-state index contributed by atoms with van der Waals surface area (Å²) in [6.45, 7) is 2.92. The molecule has 1 aromatic carbocycles. The maximum absolute atomic E-state index is 12.2. The molecule has 0 radical (unpaired) electrons. The van der Waals surface area contributed by atoms with Crippen LogP contribution in [0.2, 0.25) is 0 Å². The summed E-state index contributed by atoms with van der Waals surface area (Å²) in [5, 5.41) is 10.1. The van der Waals surface area contributed by atoms with Crippen molar-refractivity contribution >= 4 is 17.2 Å². The highest BCUT2D eigenvalue weighted by Gasteiger charge is 2.27. The number of amides is 1. The molecule has 0 atom stereocenters. The third-order valence-corrected chi connectivity index (χ3v) is 6.31. The molecule has 0 unspecified atom stereocenters. The van der Waals surface area contributed by atoms with Crippen LogP contribution in [0.25, 0.3) is 11.3 Å². The van der Waals surface area contributed by atoms with Crippen LogP contribution in [0.5, 0.6) is 0 Å². The number of nitrogens with zero attached hydrogens (tertiary/aromatic N) is 3. The van der Waals surface area contributed by atoms with E-state index >= 15 is 0 Å². The van der Waals surface area contributed by atoms with E-state index in [0.29, 0.717) is 16.5 Å². The molecule has 2 N–H and O–H groups in total. The van der Waals surface area contributed by atoms with Crippen LogP contribution in [0.1, 0.15) is 39.0 Å². The van der Waals surface area contributed by atoms with Crippen LogP contribution in [-0.4, -0.2) is 39.1 Å². The lowest BCUT2D eigenvalue weighted by Crippen LogP contribution is -2.32. The predicted molar refractivity (Wildman–Crippen MR) is 108 cm³/mol. The summed E-state index contributed by atoms with van der Waals surface area (Å²) >= 11 is 1.39. The van der Waals surface area contributed by atoms with Gasteiger partial charge in [-0.05, 0) is 43.6 Å². The van der Waals surface area contributed by atoms with E-state index in [4.69, 9.17) is 10.2 Å². The number of hydrogen-bond donors (Lipinski definition) is 2. The first-order valence-corrected chi connectivity index (χ1v) is 10.2. The molecule has 1 aliphatic heterocycles. The highest BCUT2D eigenvalue weighted by atomic mass is 32.1. The fraction of sp³-hybridized carbons (Fsp3) is 0.286. The van der Waals surface area contributed by atoms with Crippen molar-refractivity contribution in [2.75, 3.05) is 13.1 Å². The number of aromatic nitrogens is 2. The van der Waals surface area contributed by atoms with Crippen LogP contribution >= 0.6 is 11.3 Å². The number of pyridine rings is 1. The number of benzene rings is 1. The van der Waals surface area contributed by atoms with E-state index in [0.717, 1.165) is 43.0 Å². The molecular weight excluding hydrogens is 372 g/mol. The lowest BCUT2D eigenvalue weighted by molar-refractivity contribution is 0.0711. The molecule has 0 aliphatic carbocycles. The highest BCUT2D eigenvalue weighted by Crippen LogP contribution is 2.36. The highest BCUT2D eigenvalue weighted by molar-refractivity contribution is 7.14. The SMILES string of the molecule is O=C(NO)c1sc(C2CCN(Cc3ccncc3)CC2)nc1-c1ccccc1. The third kappa shape index (κ3) is 4.11. The minimum atomic E-state index is -0.502. The van der Waals surface area contributed by atoms with Gasteiger partial charge in [0, 0.05) is 30.4 Å². The van der Waals surface area contributed by atoms with Gasteiger partial charge in [0.05, 0.1) is 10.7 Å². The minimum absolute atomic E-state index is 0.335. The molecule has 1 aliphatic rings. The average molecular weight is 395 g/mol. The second-order valence-corrected chi connectivity index (χ2v) is 7.97. The lowest BCUT2D eigenvalue weighted by atomic mass is 9.97. The minimum Gasteiger partial charge on any atom is -0.299 e. The first-order valence-electron chi connectivity index (χ1n) is 9.36. The Labute approximate surface area is 167 Å². The van der Waals surface area contributed by atoms with Crippen molar-refractivity contribution in [3.63, 3.8) is 0 Å². The van der Waals surface area contributed by atoms with E-state index < -0.39 is 5.91 Å². The molecule has 6 nitrogen and oxygen atoms in total. The zero-order chi connectivity index (χ0) is 19.3. The summed E-state index contributed by atoms with van der Waals surface area (Å²) in [5.74, 6) is -0.167. The Hall–Kier alpha value is -2.61. The topological polar surface area (TPSA) is 78.4 Å². The molecular formula is C21H22N4O2S. The number of hydroxylamine groups is 1. The second kappa shape index (κ2) is 8.60. The van der Waals surface area contributed by atoms with Gasteiger partial charge in [-0.1, -0.05) is 30.3 Å². The number of carbonyl (C=O) groups is 1. The van der Waals surface area contributed by atoms with Crippen molar-refractivity contribution in [2.45, 2.75) is 25.3 Å². The number of rotatable bonds is 5. The Kier molecular flexibility index (Phi) is 5.76. The van der Waals surface area contributed by atoms with Crippen molar-refractivity contribution in [1.82, 2.24) is 20.3 Å². The number of thiazole rings is 1. The molecule has 144 valence electrons. The largest absolute Gasteiger partial charge is 0.299 e. The van der Waals surface area contributed by atoms with Gasteiger partial charge in [0.25, 0.3) is 5.91 Å². The van der Waals surface area contributed by atoms with Gasteiger partial charge < -0.3 is 0 Å². The molecule has 1 fully saturated rings. The molecule has 7 heteroatoms. The van der Waals surface area contributed by atoms with Crippen LogP contribution in [0.4, 0.5) is 0 Å². The maximum atomic E-state index is 12.2. The molecule has 4 rings (SSSR count). The molecule has 0 bridgehead atoms. The van der Waals surface area contributed by atoms with Gasteiger partial charge in [0.15, 0.2) is 0 Å². The van der Waals surface area contributed by atoms with Crippen LogP contribution in [0.3, 0.4) is 0 Å². The number of carbonyl (C=O) groups excluding carboxylic acids is 1. The zero-order valence-electron chi connectivity index (χ0n) is 15.4. The van der Waals surface area contributed by atoms with E-state index in [9.17, 15) is 4.79 Å². The normalized spacial score (nSPS) is 15.5. The number of hydrogen-bond acceptors (Lipinski definition) is 6. The number of nitrogens with one attached hydrogen (secondary N) is 1. The van der Waals surface area contributed by atoms with E-state index in [1.54, 1.807) is 5.48 Å². The summed E-state index contributed by atoms with van der Waals surface area (Å²) in [4.78, 5) is 23.9. The van der Waals surface area contributed by atoms with Gasteiger partial charge in [0.1, 0.15) is 4.88 Å². The first kappa shape index (κ1) is 18.7. The van der Waals surface area contributed by atoms with Crippen molar-refractivity contribution in [1.29, 1.82) is 0 Å². The predicted octanol–water partition coefficient (Wildman–Crippen LogP) is 3.70. The van der Waals surface area contributed by atoms with E-state index in [1.807, 2.05) is 42.7 Å². The van der Waals surface area contributed by atoms with E-state index in [-0.39, 0.29) is 0 Å². The quantitative estimate of drug-likeness (QED) is 0.510. The molecule has 2 aromatic heterocycles. The van der Waals surface area contributed by atoms with Gasteiger partial charge in [-0.3, -0.25) is 19.9 Å². The van der Waals surface area contributed by atoms with Gasteiger partial charge in [-0.25, -0.2) is 10.5 Å². The fourth-order valence-electron chi connectivity index (χ4n) is 3.59. The number of likely N-dealkylation sites (tertiary alicyclic amines) is 1. The smallest absolute Gasteiger partial charge is 0.287 e. The summed E-state index contributed by atoms with van der Waals surface area (Å²) in [7, 11) is 0. The van der Waals surface area contributed by atoms with E-state index in [2.05, 4.69) is 22.0 Å². The van der Waals surface area contributed by atoms with Crippen molar-refractivity contribution in [2.24, 2.45) is 0 Å². The van der Waals surface area contributed by atoms with Gasteiger partial charge in [0.2, 0.25) is 0 Å².